The van der Waals surface area contributed by atoms with Gasteiger partial charge in [-0.25, -0.2) is 4.98 Å². The van der Waals surface area contributed by atoms with Crippen molar-refractivity contribution >= 4 is 21.7 Å². The molecule has 1 aromatic heterocycles. The molecule has 1 heterocycles. The molecule has 0 radical (unpaired) electrons. The van der Waals surface area contributed by atoms with Crippen molar-refractivity contribution in [1.29, 1.82) is 0 Å². The molecule has 100 valence electrons. The first-order chi connectivity index (χ1) is 8.74. The Morgan fingerprint density at radius 1 is 1.39 bits per heavy atom. The minimum Gasteiger partial charge on any atom is -0.481 e. The van der Waals surface area contributed by atoms with E-state index in [1.807, 2.05) is 13.0 Å². The maximum Gasteiger partial charge on any atom is 0.218 e. The second kappa shape index (κ2) is 6.36. The van der Waals surface area contributed by atoms with Crippen LogP contribution in [0.1, 0.15) is 31.5 Å². The number of hydrogen-bond acceptors (Lipinski definition) is 4. The Balaban J connectivity index is 2.25. The predicted molar refractivity (Wildman–Crippen MR) is 76.7 cm³/mol. The number of aromatic nitrogens is 2. The molecule has 0 aliphatic heterocycles. The van der Waals surface area contributed by atoms with Crippen LogP contribution in [-0.4, -0.2) is 35.0 Å². The van der Waals surface area contributed by atoms with E-state index in [0.717, 1.165) is 23.5 Å². The molecule has 0 aromatic carbocycles. The van der Waals surface area contributed by atoms with Crippen LogP contribution in [0.15, 0.2) is 6.07 Å². The molecule has 1 aliphatic rings. The molecule has 0 spiro atoms. The number of methoxy groups -OCH3 is 1. The average Bonchev–Trinajstić information content (AvgIpc) is 2.88. The molecule has 0 amide bonds. The van der Waals surface area contributed by atoms with Gasteiger partial charge in [-0.3, -0.25) is 0 Å². The van der Waals surface area contributed by atoms with Crippen molar-refractivity contribution < 1.29 is 4.74 Å². The van der Waals surface area contributed by atoms with Gasteiger partial charge in [-0.2, -0.15) is 4.98 Å². The van der Waals surface area contributed by atoms with Crippen LogP contribution >= 0.6 is 15.9 Å². The summed E-state index contributed by atoms with van der Waals surface area (Å²) in [5.74, 6) is 2.41. The zero-order valence-corrected chi connectivity index (χ0v) is 12.6. The molecule has 18 heavy (non-hydrogen) atoms. The molecule has 1 fully saturated rings. The van der Waals surface area contributed by atoms with Crippen LogP contribution in [-0.2, 0) is 0 Å². The first-order valence-corrected chi connectivity index (χ1v) is 7.59. The van der Waals surface area contributed by atoms with Gasteiger partial charge in [-0.1, -0.05) is 28.8 Å². The SMILES string of the molecule is COc1cc(N(CCBr)C2CCCC2)nc(C)n1. The van der Waals surface area contributed by atoms with Gasteiger partial charge >= 0.3 is 0 Å². The van der Waals surface area contributed by atoms with Gasteiger partial charge in [0, 0.05) is 24.0 Å². The molecule has 1 aliphatic carbocycles. The van der Waals surface area contributed by atoms with Crippen molar-refractivity contribution in [2.75, 3.05) is 23.9 Å². The largest absolute Gasteiger partial charge is 0.481 e. The van der Waals surface area contributed by atoms with Gasteiger partial charge in [0.05, 0.1) is 7.11 Å². The number of hydrogen-bond donors (Lipinski definition) is 0. The van der Waals surface area contributed by atoms with Gasteiger partial charge in [-0.15, -0.1) is 0 Å². The number of anilines is 1. The fraction of sp³-hybridized carbons (Fsp3) is 0.692. The fourth-order valence-corrected chi connectivity index (χ4v) is 2.95. The summed E-state index contributed by atoms with van der Waals surface area (Å²) in [4.78, 5) is 11.2. The predicted octanol–water partition coefficient (Wildman–Crippen LogP) is 2.94. The normalized spacial score (nSPS) is 15.9. The standard InChI is InChI=1S/C13H20BrN3O/c1-10-15-12(9-13(16-10)18-2)17(8-7-14)11-5-3-4-6-11/h9,11H,3-8H2,1-2H3. The zero-order valence-electron chi connectivity index (χ0n) is 11.0. The molecule has 2 rings (SSSR count). The van der Waals surface area contributed by atoms with Gasteiger partial charge in [-0.05, 0) is 19.8 Å². The van der Waals surface area contributed by atoms with Crippen LogP contribution in [0.4, 0.5) is 5.82 Å². The summed E-state index contributed by atoms with van der Waals surface area (Å²) in [6.45, 7) is 2.89. The summed E-state index contributed by atoms with van der Waals surface area (Å²) in [7, 11) is 1.65. The monoisotopic (exact) mass is 313 g/mol. The van der Waals surface area contributed by atoms with E-state index in [-0.39, 0.29) is 0 Å². The molecule has 0 N–H and O–H groups in total. The highest BCUT2D eigenvalue weighted by Gasteiger charge is 2.24. The fourth-order valence-electron chi connectivity index (χ4n) is 2.57. The minimum absolute atomic E-state index is 0.613. The third kappa shape index (κ3) is 3.13. The summed E-state index contributed by atoms with van der Waals surface area (Å²) in [5.41, 5.74) is 0. The van der Waals surface area contributed by atoms with E-state index in [2.05, 4.69) is 30.8 Å². The number of nitrogens with zero attached hydrogens (tertiary/aromatic N) is 3. The number of alkyl halides is 1. The lowest BCUT2D eigenvalue weighted by Crippen LogP contribution is -2.35. The molecule has 0 atom stereocenters. The number of aryl methyl sites for hydroxylation is 1. The highest BCUT2D eigenvalue weighted by Crippen LogP contribution is 2.28. The number of ether oxygens (including phenoxy) is 1. The number of rotatable bonds is 5. The van der Waals surface area contributed by atoms with E-state index in [1.165, 1.54) is 25.7 Å². The Morgan fingerprint density at radius 2 is 2.11 bits per heavy atom. The lowest BCUT2D eigenvalue weighted by Gasteiger charge is -2.29. The lowest BCUT2D eigenvalue weighted by molar-refractivity contribution is 0.395. The van der Waals surface area contributed by atoms with Crippen molar-refractivity contribution in [2.24, 2.45) is 0 Å². The van der Waals surface area contributed by atoms with Gasteiger partial charge < -0.3 is 9.64 Å². The molecule has 5 heteroatoms. The Hall–Kier alpha value is -0.840. The Morgan fingerprint density at radius 3 is 2.72 bits per heavy atom. The Labute approximate surface area is 117 Å². The molecule has 1 saturated carbocycles. The maximum atomic E-state index is 5.24. The summed E-state index contributed by atoms with van der Waals surface area (Å²) in [6.07, 6.45) is 5.17. The van der Waals surface area contributed by atoms with Crippen LogP contribution in [0.2, 0.25) is 0 Å². The van der Waals surface area contributed by atoms with E-state index in [0.29, 0.717) is 11.9 Å². The summed E-state index contributed by atoms with van der Waals surface area (Å²) in [6, 6.07) is 2.55. The molecular weight excluding hydrogens is 294 g/mol. The highest BCUT2D eigenvalue weighted by molar-refractivity contribution is 9.09. The third-order valence-corrected chi connectivity index (χ3v) is 3.75. The quantitative estimate of drug-likeness (QED) is 0.783. The third-order valence-electron chi connectivity index (χ3n) is 3.40. The first-order valence-electron chi connectivity index (χ1n) is 6.47. The lowest BCUT2D eigenvalue weighted by atomic mass is 10.2. The van der Waals surface area contributed by atoms with Gasteiger partial charge in [0.25, 0.3) is 0 Å². The van der Waals surface area contributed by atoms with Crippen LogP contribution in [0.3, 0.4) is 0 Å². The maximum absolute atomic E-state index is 5.24. The van der Waals surface area contributed by atoms with Crippen molar-refractivity contribution in [3.05, 3.63) is 11.9 Å². The number of halogens is 1. The second-order valence-corrected chi connectivity index (χ2v) is 5.43. The molecule has 0 saturated heterocycles. The van der Waals surface area contributed by atoms with Gasteiger partial charge in [0.15, 0.2) is 0 Å². The Kier molecular flexibility index (Phi) is 4.80. The van der Waals surface area contributed by atoms with Crippen LogP contribution in [0.5, 0.6) is 5.88 Å². The summed E-state index contributed by atoms with van der Waals surface area (Å²) >= 11 is 3.53. The zero-order chi connectivity index (χ0) is 13.0. The van der Waals surface area contributed by atoms with E-state index in [4.69, 9.17) is 4.74 Å². The van der Waals surface area contributed by atoms with Crippen molar-refractivity contribution in [3.63, 3.8) is 0 Å². The van der Waals surface area contributed by atoms with Crippen LogP contribution in [0, 0.1) is 6.92 Å². The van der Waals surface area contributed by atoms with Crippen LogP contribution < -0.4 is 9.64 Å². The van der Waals surface area contributed by atoms with Crippen molar-refractivity contribution in [1.82, 2.24) is 9.97 Å². The van der Waals surface area contributed by atoms with E-state index in [1.54, 1.807) is 7.11 Å². The van der Waals surface area contributed by atoms with E-state index >= 15 is 0 Å². The topological polar surface area (TPSA) is 38.2 Å². The smallest absolute Gasteiger partial charge is 0.218 e. The molecule has 0 unspecified atom stereocenters. The molecular formula is C13H20BrN3O. The molecule has 4 nitrogen and oxygen atoms in total. The molecule has 0 bridgehead atoms. The van der Waals surface area contributed by atoms with E-state index in [9.17, 15) is 0 Å². The average molecular weight is 314 g/mol. The highest BCUT2D eigenvalue weighted by atomic mass is 79.9. The van der Waals surface area contributed by atoms with Crippen LogP contribution in [0.25, 0.3) is 0 Å². The van der Waals surface area contributed by atoms with Crippen molar-refractivity contribution in [2.45, 2.75) is 38.6 Å². The van der Waals surface area contributed by atoms with Gasteiger partial charge in [0.1, 0.15) is 11.6 Å². The molecule has 1 aromatic rings. The Bertz CT molecular complexity index is 394. The summed E-state index contributed by atoms with van der Waals surface area (Å²) < 4.78 is 5.24. The van der Waals surface area contributed by atoms with Crippen molar-refractivity contribution in [3.8, 4) is 5.88 Å². The first kappa shape index (κ1) is 13.6. The minimum atomic E-state index is 0.613. The summed E-state index contributed by atoms with van der Waals surface area (Å²) in [5, 5.41) is 0.953. The second-order valence-electron chi connectivity index (χ2n) is 4.64. The van der Waals surface area contributed by atoms with E-state index < -0.39 is 0 Å². The van der Waals surface area contributed by atoms with Gasteiger partial charge in [0.2, 0.25) is 5.88 Å².